The SMILES string of the molecule is Nc1cccc2c3c(oc12)CCCC3=O. The number of hydrogen-bond acceptors (Lipinski definition) is 3. The lowest BCUT2D eigenvalue weighted by Crippen LogP contribution is -2.08. The van der Waals surface area contributed by atoms with Crippen molar-refractivity contribution in [2.45, 2.75) is 19.3 Å². The van der Waals surface area contributed by atoms with Gasteiger partial charge in [0.2, 0.25) is 0 Å². The minimum absolute atomic E-state index is 0.181. The molecule has 1 aliphatic rings. The average molecular weight is 201 g/mol. The van der Waals surface area contributed by atoms with Crippen LogP contribution < -0.4 is 5.73 Å². The molecule has 0 bridgehead atoms. The van der Waals surface area contributed by atoms with Crippen LogP contribution in [-0.4, -0.2) is 5.78 Å². The smallest absolute Gasteiger partial charge is 0.167 e. The van der Waals surface area contributed by atoms with Gasteiger partial charge in [-0.25, -0.2) is 0 Å². The molecule has 3 rings (SSSR count). The molecule has 1 aliphatic carbocycles. The molecule has 1 aromatic heterocycles. The lowest BCUT2D eigenvalue weighted by Gasteiger charge is -2.07. The molecule has 0 fully saturated rings. The molecular weight excluding hydrogens is 190 g/mol. The molecule has 0 saturated carbocycles. The summed E-state index contributed by atoms with van der Waals surface area (Å²) in [6.07, 6.45) is 2.34. The third-order valence-electron chi connectivity index (χ3n) is 2.91. The summed E-state index contributed by atoms with van der Waals surface area (Å²) in [5, 5.41) is 0.870. The summed E-state index contributed by atoms with van der Waals surface area (Å²) < 4.78 is 5.65. The molecule has 0 unspecified atom stereocenters. The van der Waals surface area contributed by atoms with Crippen LogP contribution in [0.3, 0.4) is 0 Å². The van der Waals surface area contributed by atoms with Gasteiger partial charge in [-0.3, -0.25) is 4.79 Å². The zero-order valence-electron chi connectivity index (χ0n) is 8.25. The Kier molecular flexibility index (Phi) is 1.63. The number of para-hydroxylation sites is 1. The second-order valence-electron chi connectivity index (χ2n) is 3.90. The van der Waals surface area contributed by atoms with Crippen LogP contribution in [0.5, 0.6) is 0 Å². The van der Waals surface area contributed by atoms with Crippen molar-refractivity contribution in [1.82, 2.24) is 0 Å². The number of ketones is 1. The van der Waals surface area contributed by atoms with Crippen LogP contribution >= 0.6 is 0 Å². The topological polar surface area (TPSA) is 56.2 Å². The fourth-order valence-corrected chi connectivity index (χ4v) is 2.21. The Morgan fingerprint density at radius 1 is 1.27 bits per heavy atom. The maximum atomic E-state index is 11.8. The lowest BCUT2D eigenvalue weighted by molar-refractivity contribution is 0.0971. The van der Waals surface area contributed by atoms with Crippen molar-refractivity contribution in [2.75, 3.05) is 5.73 Å². The molecule has 0 amide bonds. The van der Waals surface area contributed by atoms with Gasteiger partial charge in [-0.1, -0.05) is 12.1 Å². The van der Waals surface area contributed by atoms with Crippen LogP contribution in [0, 0.1) is 0 Å². The van der Waals surface area contributed by atoms with Crippen LogP contribution in [0.25, 0.3) is 11.0 Å². The predicted molar refractivity (Wildman–Crippen MR) is 57.9 cm³/mol. The normalized spacial score (nSPS) is 15.6. The Bertz CT molecular complexity index is 554. The molecule has 0 saturated heterocycles. The first-order valence-corrected chi connectivity index (χ1v) is 5.10. The van der Waals surface area contributed by atoms with E-state index >= 15 is 0 Å². The number of carbonyl (C=O) groups is 1. The van der Waals surface area contributed by atoms with Gasteiger partial charge in [0.1, 0.15) is 5.76 Å². The standard InChI is InChI=1S/C12H11NO2/c13-8-4-1-3-7-11-9(14)5-2-6-10(11)15-12(7)8/h1,3-4H,2,5-6,13H2. The number of nitrogens with two attached hydrogens (primary N) is 1. The second kappa shape index (κ2) is 2.86. The van der Waals surface area contributed by atoms with Crippen LogP contribution in [0.15, 0.2) is 22.6 Å². The number of furan rings is 1. The van der Waals surface area contributed by atoms with E-state index in [0.29, 0.717) is 17.7 Å². The Morgan fingerprint density at radius 2 is 2.13 bits per heavy atom. The van der Waals surface area contributed by atoms with Crippen LogP contribution in [0.2, 0.25) is 0 Å². The quantitative estimate of drug-likeness (QED) is 0.666. The molecule has 3 heteroatoms. The molecule has 0 spiro atoms. The van der Waals surface area contributed by atoms with E-state index in [1.807, 2.05) is 12.1 Å². The van der Waals surface area contributed by atoms with Gasteiger partial charge in [0.05, 0.1) is 11.3 Å². The first-order chi connectivity index (χ1) is 7.27. The van der Waals surface area contributed by atoms with Crippen molar-refractivity contribution in [3.8, 4) is 0 Å². The van der Waals surface area contributed by atoms with Gasteiger partial charge in [-0.05, 0) is 12.5 Å². The molecule has 0 aliphatic heterocycles. The van der Waals surface area contributed by atoms with E-state index in [4.69, 9.17) is 10.2 Å². The summed E-state index contributed by atoms with van der Waals surface area (Å²) in [5.74, 6) is 0.986. The maximum absolute atomic E-state index is 11.8. The molecule has 2 aromatic rings. The molecule has 3 nitrogen and oxygen atoms in total. The van der Waals surface area contributed by atoms with Gasteiger partial charge in [0.25, 0.3) is 0 Å². The number of nitrogen functional groups attached to an aromatic ring is 1. The summed E-state index contributed by atoms with van der Waals surface area (Å²) in [5.41, 5.74) is 7.83. The zero-order valence-corrected chi connectivity index (χ0v) is 8.25. The Morgan fingerprint density at radius 3 is 3.00 bits per heavy atom. The first-order valence-electron chi connectivity index (χ1n) is 5.10. The average Bonchev–Trinajstić information content (AvgIpc) is 2.59. The van der Waals surface area contributed by atoms with Gasteiger partial charge in [0, 0.05) is 18.2 Å². The van der Waals surface area contributed by atoms with Crippen molar-refractivity contribution < 1.29 is 9.21 Å². The monoisotopic (exact) mass is 201 g/mol. The number of fused-ring (bicyclic) bond motifs is 3. The number of benzene rings is 1. The predicted octanol–water partition coefficient (Wildman–Crippen LogP) is 2.53. The highest BCUT2D eigenvalue weighted by Gasteiger charge is 2.24. The van der Waals surface area contributed by atoms with Crippen LogP contribution in [0.1, 0.15) is 29.0 Å². The third kappa shape index (κ3) is 1.09. The Hall–Kier alpha value is -1.77. The fraction of sp³-hybridized carbons (Fsp3) is 0.250. The molecule has 15 heavy (non-hydrogen) atoms. The number of rotatable bonds is 0. The summed E-state index contributed by atoms with van der Waals surface area (Å²) in [4.78, 5) is 11.8. The van der Waals surface area contributed by atoms with Crippen molar-refractivity contribution in [1.29, 1.82) is 0 Å². The highest BCUT2D eigenvalue weighted by Crippen LogP contribution is 2.34. The van der Waals surface area contributed by atoms with Crippen molar-refractivity contribution in [3.63, 3.8) is 0 Å². The summed E-state index contributed by atoms with van der Waals surface area (Å²) in [6.45, 7) is 0. The molecule has 0 atom stereocenters. The van der Waals surface area contributed by atoms with Crippen molar-refractivity contribution in [2.24, 2.45) is 0 Å². The molecule has 2 N–H and O–H groups in total. The van der Waals surface area contributed by atoms with E-state index in [9.17, 15) is 4.79 Å². The molecule has 76 valence electrons. The summed E-state index contributed by atoms with van der Waals surface area (Å²) in [7, 11) is 0. The lowest BCUT2D eigenvalue weighted by atomic mass is 9.94. The van der Waals surface area contributed by atoms with E-state index < -0.39 is 0 Å². The van der Waals surface area contributed by atoms with Crippen LogP contribution in [-0.2, 0) is 6.42 Å². The Labute approximate surface area is 86.9 Å². The minimum atomic E-state index is 0.181. The van der Waals surface area contributed by atoms with E-state index in [2.05, 4.69) is 0 Å². The highest BCUT2D eigenvalue weighted by atomic mass is 16.3. The number of carbonyl (C=O) groups excluding carboxylic acids is 1. The first kappa shape index (κ1) is 8.53. The minimum Gasteiger partial charge on any atom is -0.458 e. The van der Waals surface area contributed by atoms with Crippen molar-refractivity contribution >= 4 is 22.4 Å². The zero-order chi connectivity index (χ0) is 10.4. The second-order valence-corrected chi connectivity index (χ2v) is 3.90. The van der Waals surface area contributed by atoms with Gasteiger partial charge in [-0.2, -0.15) is 0 Å². The largest absolute Gasteiger partial charge is 0.458 e. The fourth-order valence-electron chi connectivity index (χ4n) is 2.21. The number of aryl methyl sites for hydroxylation is 1. The van der Waals surface area contributed by atoms with E-state index in [0.717, 1.165) is 29.6 Å². The van der Waals surface area contributed by atoms with Crippen molar-refractivity contribution in [3.05, 3.63) is 29.5 Å². The van der Waals surface area contributed by atoms with E-state index in [1.165, 1.54) is 0 Å². The number of anilines is 1. The molecule has 1 aromatic carbocycles. The summed E-state index contributed by atoms with van der Waals surface area (Å²) in [6, 6.07) is 5.55. The van der Waals surface area contributed by atoms with Crippen LogP contribution in [0.4, 0.5) is 5.69 Å². The number of Topliss-reactive ketones (excluding diaryl/α,β-unsaturated/α-hetero) is 1. The Balaban J connectivity index is 2.41. The van der Waals surface area contributed by atoms with Gasteiger partial charge in [-0.15, -0.1) is 0 Å². The number of hydrogen-bond donors (Lipinski definition) is 1. The molecule has 1 heterocycles. The molecular formula is C12H11NO2. The maximum Gasteiger partial charge on any atom is 0.167 e. The van der Waals surface area contributed by atoms with E-state index in [-0.39, 0.29) is 5.78 Å². The molecule has 0 radical (unpaired) electrons. The van der Waals surface area contributed by atoms with Gasteiger partial charge < -0.3 is 10.2 Å². The van der Waals surface area contributed by atoms with E-state index in [1.54, 1.807) is 6.07 Å². The van der Waals surface area contributed by atoms with Gasteiger partial charge in [0.15, 0.2) is 11.4 Å². The third-order valence-corrected chi connectivity index (χ3v) is 2.91. The van der Waals surface area contributed by atoms with Gasteiger partial charge >= 0.3 is 0 Å². The summed E-state index contributed by atoms with van der Waals surface area (Å²) >= 11 is 0. The highest BCUT2D eigenvalue weighted by molar-refractivity contribution is 6.10.